The molecule has 7 rings (SSSR count). The van der Waals surface area contributed by atoms with E-state index in [1.54, 1.807) is 0 Å². The van der Waals surface area contributed by atoms with Crippen LogP contribution in [0.25, 0.3) is 0 Å². The van der Waals surface area contributed by atoms with Crippen LogP contribution in [0.4, 0.5) is 0 Å². The van der Waals surface area contributed by atoms with Gasteiger partial charge in [0.1, 0.15) is 36.8 Å². The van der Waals surface area contributed by atoms with Gasteiger partial charge in [-0.1, -0.05) is 0 Å². The number of benzene rings is 2. The second-order valence-electron chi connectivity index (χ2n) is 16.8. The van der Waals surface area contributed by atoms with Crippen LogP contribution in [0.1, 0.15) is 102 Å². The highest BCUT2D eigenvalue weighted by Gasteiger charge is 2.53. The van der Waals surface area contributed by atoms with Gasteiger partial charge in [0.2, 0.25) is 0 Å². The van der Waals surface area contributed by atoms with Gasteiger partial charge in [-0.25, -0.2) is 0 Å². The van der Waals surface area contributed by atoms with Crippen LogP contribution in [0.5, 0.6) is 11.5 Å². The predicted octanol–water partition coefficient (Wildman–Crippen LogP) is 0.418. The first-order valence-corrected chi connectivity index (χ1v) is 19.5. The molecule has 1 aliphatic carbocycles. The van der Waals surface area contributed by atoms with Crippen LogP contribution in [0.2, 0.25) is 0 Å². The monoisotopic (exact) mass is 874 g/mol. The van der Waals surface area contributed by atoms with Gasteiger partial charge >= 0.3 is 23.9 Å². The Bertz CT molecular complexity index is 1500. The number of esters is 4. The molecule has 0 amide bonds. The number of piperidine rings is 4. The third kappa shape index (κ3) is 9.08. The quantitative estimate of drug-likeness (QED) is 0.193. The molecule has 5 fully saturated rings. The number of halogens is 2. The molecular weight excluding hydrogens is 820 g/mol. The van der Waals surface area contributed by atoms with Gasteiger partial charge in [0.15, 0.2) is 0 Å². The average molecular weight is 877 g/mol. The summed E-state index contributed by atoms with van der Waals surface area (Å²) in [5.74, 6) is -0.799. The zero-order valence-corrected chi connectivity index (χ0v) is 35.2. The Morgan fingerprint density at radius 2 is 0.852 bits per heavy atom. The molecule has 0 aromatic heterocycles. The molecule has 0 spiro atoms. The lowest BCUT2D eigenvalue weighted by molar-refractivity contribution is -0.979. The van der Waals surface area contributed by atoms with Gasteiger partial charge in [0.05, 0.1) is 50.1 Å². The molecule has 10 nitrogen and oxygen atoms in total. The smallest absolute Gasteiger partial charge is 0.310 e. The van der Waals surface area contributed by atoms with Crippen LogP contribution in [0.15, 0.2) is 48.5 Å². The van der Waals surface area contributed by atoms with Crippen molar-refractivity contribution in [1.82, 2.24) is 0 Å². The second-order valence-corrected chi connectivity index (χ2v) is 16.8. The highest BCUT2D eigenvalue weighted by Crippen LogP contribution is 2.45. The molecule has 12 heteroatoms. The van der Waals surface area contributed by atoms with Gasteiger partial charge in [-0.05, 0) is 99.9 Å². The summed E-state index contributed by atoms with van der Waals surface area (Å²) in [7, 11) is 4.69. The first-order chi connectivity index (χ1) is 24.9. The van der Waals surface area contributed by atoms with Gasteiger partial charge in [-0.15, -0.1) is 0 Å². The molecule has 2 aromatic carbocycles. The van der Waals surface area contributed by atoms with Crippen molar-refractivity contribution in [2.24, 2.45) is 11.8 Å². The van der Waals surface area contributed by atoms with E-state index in [9.17, 15) is 19.2 Å². The third-order valence-corrected chi connectivity index (χ3v) is 13.5. The van der Waals surface area contributed by atoms with Crippen molar-refractivity contribution in [3.63, 3.8) is 0 Å². The number of hydrogen-bond acceptors (Lipinski definition) is 8. The van der Waals surface area contributed by atoms with Crippen molar-refractivity contribution in [3.05, 3.63) is 59.7 Å². The second kappa shape index (κ2) is 17.6. The van der Waals surface area contributed by atoms with Crippen molar-refractivity contribution in [2.45, 2.75) is 140 Å². The Balaban J connectivity index is 0.00000280. The van der Waals surface area contributed by atoms with Crippen LogP contribution in [-0.2, 0) is 41.7 Å². The molecule has 6 unspecified atom stereocenters. The summed E-state index contributed by atoms with van der Waals surface area (Å²) in [5, 5.41) is 0. The standard InChI is InChI=1S/C42H56N2O8.2BrH/c1-27(45)49-35-15-11-29(12-16-35)25-43(3)31-7-5-8-32(43)22-37(21-31)51-41(47)39-19-20-40(39)42(48)52-38-23-33-9-6-10-34(24-38)44(33,4)26-30-13-17-36(18-14-30)50-28(2)46;;/h11-18,31-34,37-40H,5-10,19-26H2,1-4H3;2*1H/q+2;;/p-2. The van der Waals surface area contributed by atoms with E-state index in [0.29, 0.717) is 48.5 Å². The molecule has 4 saturated heterocycles. The molecule has 296 valence electrons. The molecule has 54 heavy (non-hydrogen) atoms. The molecule has 1 saturated carbocycles. The number of nitrogens with zero attached hydrogens (tertiary/aromatic N) is 2. The molecule has 6 atom stereocenters. The SMILES string of the molecule is CC(=O)Oc1ccc(C[N+]2(C)C3CCCC2CC(OC(=O)C2CCC2C(=O)OC2CC4CCCC(C2)[N+]4(C)Cc2ccc(OC(C)=O)cc2)C3)cc1.[Br-].[Br-]. The van der Waals surface area contributed by atoms with E-state index in [0.717, 1.165) is 73.4 Å². The van der Waals surface area contributed by atoms with E-state index >= 15 is 0 Å². The zero-order chi connectivity index (χ0) is 36.6. The van der Waals surface area contributed by atoms with Crippen molar-refractivity contribution in [1.29, 1.82) is 0 Å². The Hall–Kier alpha value is -2.80. The number of carbonyl (C=O) groups excluding carboxylic acids is 4. The Labute approximate surface area is 340 Å². The first kappa shape index (κ1) is 42.3. The topological polar surface area (TPSA) is 105 Å². The zero-order valence-electron chi connectivity index (χ0n) is 32.1. The highest BCUT2D eigenvalue weighted by molar-refractivity contribution is 5.84. The number of carbonyl (C=O) groups is 4. The Kier molecular flexibility index (Phi) is 13.8. The lowest BCUT2D eigenvalue weighted by Gasteiger charge is -2.55. The van der Waals surface area contributed by atoms with E-state index in [2.05, 4.69) is 14.1 Å². The van der Waals surface area contributed by atoms with E-state index < -0.39 is 11.8 Å². The number of hydrogen-bond donors (Lipinski definition) is 0. The Morgan fingerprint density at radius 3 is 1.13 bits per heavy atom. The van der Waals surface area contributed by atoms with Crippen molar-refractivity contribution >= 4 is 23.9 Å². The number of fused-ring (bicyclic) bond motifs is 4. The Morgan fingerprint density at radius 1 is 0.537 bits per heavy atom. The van der Waals surface area contributed by atoms with Gasteiger partial charge in [0, 0.05) is 50.7 Å². The molecule has 4 bridgehead atoms. The first-order valence-electron chi connectivity index (χ1n) is 19.5. The van der Waals surface area contributed by atoms with Crippen LogP contribution < -0.4 is 43.4 Å². The molecule has 4 heterocycles. The number of rotatable bonds is 10. The fraction of sp³-hybridized carbons (Fsp3) is 0.619. The average Bonchev–Trinajstić information content (AvgIpc) is 3.03. The van der Waals surface area contributed by atoms with Crippen LogP contribution in [0, 0.1) is 11.8 Å². The summed E-state index contributed by atoms with van der Waals surface area (Å²) in [6, 6.07) is 17.2. The molecule has 2 aromatic rings. The van der Waals surface area contributed by atoms with Crippen LogP contribution >= 0.6 is 0 Å². The maximum absolute atomic E-state index is 13.6. The maximum Gasteiger partial charge on any atom is 0.310 e. The summed E-state index contributed by atoms with van der Waals surface area (Å²) < 4.78 is 24.8. The van der Waals surface area contributed by atoms with Gasteiger partial charge in [0.25, 0.3) is 0 Å². The van der Waals surface area contributed by atoms with Gasteiger partial charge in [-0.2, -0.15) is 0 Å². The van der Waals surface area contributed by atoms with Crippen LogP contribution in [0.3, 0.4) is 0 Å². The summed E-state index contributed by atoms with van der Waals surface area (Å²) in [6.45, 7) is 4.59. The van der Waals surface area contributed by atoms with E-state index in [-0.39, 0.29) is 70.0 Å². The largest absolute Gasteiger partial charge is 1.00 e. The van der Waals surface area contributed by atoms with Crippen LogP contribution in [-0.4, -0.2) is 83.3 Å². The maximum atomic E-state index is 13.6. The fourth-order valence-electron chi connectivity index (χ4n) is 10.5. The summed E-state index contributed by atoms with van der Waals surface area (Å²) in [6.07, 6.45) is 11.3. The van der Waals surface area contributed by atoms with Crippen molar-refractivity contribution in [3.8, 4) is 11.5 Å². The molecular formula is C42H56Br2N2O8. The molecule has 0 radical (unpaired) electrons. The van der Waals surface area contributed by atoms with E-state index in [1.807, 2.05) is 48.5 Å². The lowest BCUT2D eigenvalue weighted by atomic mass is 9.73. The summed E-state index contributed by atoms with van der Waals surface area (Å²) in [4.78, 5) is 49.8. The molecule has 5 aliphatic rings. The minimum Gasteiger partial charge on any atom is -1.00 e. The van der Waals surface area contributed by atoms with E-state index in [1.165, 1.54) is 37.8 Å². The fourth-order valence-corrected chi connectivity index (χ4v) is 10.5. The number of quaternary nitrogens is 2. The van der Waals surface area contributed by atoms with E-state index in [4.69, 9.17) is 18.9 Å². The lowest BCUT2D eigenvalue weighted by Crippen LogP contribution is -3.00. The third-order valence-electron chi connectivity index (χ3n) is 13.5. The minimum absolute atomic E-state index is 0. The predicted molar refractivity (Wildman–Crippen MR) is 193 cm³/mol. The molecule has 4 aliphatic heterocycles. The van der Waals surface area contributed by atoms with Crippen molar-refractivity contribution < 1.29 is 81.1 Å². The highest BCUT2D eigenvalue weighted by atomic mass is 79.9. The molecule has 0 N–H and O–H groups in total. The summed E-state index contributed by atoms with van der Waals surface area (Å²) >= 11 is 0. The van der Waals surface area contributed by atoms with Crippen molar-refractivity contribution in [2.75, 3.05) is 14.1 Å². The number of ether oxygens (including phenoxy) is 4. The van der Waals surface area contributed by atoms with Gasteiger partial charge < -0.3 is 61.9 Å². The van der Waals surface area contributed by atoms with Gasteiger partial charge in [-0.3, -0.25) is 19.2 Å². The summed E-state index contributed by atoms with van der Waals surface area (Å²) in [5.41, 5.74) is 2.41. The normalized spacial score (nSPS) is 33.7. The minimum atomic E-state index is -0.412.